The first-order valence-electron chi connectivity index (χ1n) is 9.75. The molecule has 142 valence electrons. The predicted molar refractivity (Wildman–Crippen MR) is 116 cm³/mol. The molecular formula is C23H28N2OS. The fourth-order valence-electron chi connectivity index (χ4n) is 3.05. The van der Waals surface area contributed by atoms with Gasteiger partial charge in [-0.2, -0.15) is 0 Å². The lowest BCUT2D eigenvalue weighted by Crippen LogP contribution is -2.12. The average molecular weight is 381 g/mol. The third kappa shape index (κ3) is 4.95. The van der Waals surface area contributed by atoms with Crippen molar-refractivity contribution in [3.05, 3.63) is 59.2 Å². The number of rotatable bonds is 7. The molecule has 0 aliphatic rings. The van der Waals surface area contributed by atoms with Gasteiger partial charge in [0.15, 0.2) is 5.13 Å². The van der Waals surface area contributed by atoms with Gasteiger partial charge in [-0.3, -0.25) is 4.79 Å². The van der Waals surface area contributed by atoms with Gasteiger partial charge >= 0.3 is 0 Å². The van der Waals surface area contributed by atoms with E-state index in [1.54, 1.807) is 11.3 Å². The van der Waals surface area contributed by atoms with E-state index in [0.29, 0.717) is 23.4 Å². The van der Waals surface area contributed by atoms with E-state index in [1.165, 1.54) is 16.7 Å². The van der Waals surface area contributed by atoms with Crippen molar-refractivity contribution in [3.8, 4) is 0 Å². The van der Waals surface area contributed by atoms with Crippen LogP contribution in [-0.2, 0) is 11.2 Å². The number of aromatic nitrogens is 1. The average Bonchev–Trinajstić information content (AvgIpc) is 3.07. The molecule has 0 aliphatic carbocycles. The zero-order valence-corrected chi connectivity index (χ0v) is 17.4. The SMILES string of the molecule is CCC(C)c1ccc2nc(NC(=O)CCc3ccc(C(C)C)cc3)sc2c1. The number of hydrogen-bond donors (Lipinski definition) is 1. The number of benzene rings is 2. The van der Waals surface area contributed by atoms with Gasteiger partial charge in [0.05, 0.1) is 10.2 Å². The molecule has 2 aromatic carbocycles. The van der Waals surface area contributed by atoms with Crippen LogP contribution in [0.3, 0.4) is 0 Å². The number of nitrogens with zero attached hydrogens (tertiary/aromatic N) is 1. The van der Waals surface area contributed by atoms with Crippen LogP contribution in [0.1, 0.15) is 69.1 Å². The molecule has 3 aromatic rings. The molecule has 0 saturated heterocycles. The molecule has 1 unspecified atom stereocenters. The summed E-state index contributed by atoms with van der Waals surface area (Å²) >= 11 is 1.55. The summed E-state index contributed by atoms with van der Waals surface area (Å²) < 4.78 is 1.13. The highest BCUT2D eigenvalue weighted by Gasteiger charge is 2.10. The van der Waals surface area contributed by atoms with Gasteiger partial charge in [0.2, 0.25) is 5.91 Å². The van der Waals surface area contributed by atoms with Gasteiger partial charge < -0.3 is 5.32 Å². The summed E-state index contributed by atoms with van der Waals surface area (Å²) in [6, 6.07) is 14.9. The van der Waals surface area contributed by atoms with E-state index in [2.05, 4.69) is 80.5 Å². The summed E-state index contributed by atoms with van der Waals surface area (Å²) in [5, 5.41) is 3.65. The fraction of sp³-hybridized carbons (Fsp3) is 0.391. The van der Waals surface area contributed by atoms with Crippen LogP contribution in [0, 0.1) is 0 Å². The fourth-order valence-corrected chi connectivity index (χ4v) is 3.98. The molecule has 4 heteroatoms. The number of nitrogens with one attached hydrogen (secondary N) is 1. The number of carbonyl (C=O) groups is 1. The second kappa shape index (κ2) is 8.66. The number of hydrogen-bond acceptors (Lipinski definition) is 3. The van der Waals surface area contributed by atoms with Gasteiger partial charge in [0, 0.05) is 6.42 Å². The molecule has 1 amide bonds. The Balaban J connectivity index is 1.60. The lowest BCUT2D eigenvalue weighted by molar-refractivity contribution is -0.116. The van der Waals surface area contributed by atoms with Crippen LogP contribution in [0.4, 0.5) is 5.13 Å². The van der Waals surface area contributed by atoms with Gasteiger partial charge in [-0.1, -0.05) is 69.4 Å². The largest absolute Gasteiger partial charge is 0.302 e. The van der Waals surface area contributed by atoms with E-state index in [-0.39, 0.29) is 5.91 Å². The van der Waals surface area contributed by atoms with Crippen LogP contribution in [0.25, 0.3) is 10.2 Å². The quantitative estimate of drug-likeness (QED) is 0.508. The number of carbonyl (C=O) groups excluding carboxylic acids is 1. The maximum atomic E-state index is 12.3. The third-order valence-corrected chi connectivity index (χ3v) is 6.06. The molecule has 0 spiro atoms. The molecule has 27 heavy (non-hydrogen) atoms. The van der Waals surface area contributed by atoms with Crippen molar-refractivity contribution in [3.63, 3.8) is 0 Å². The molecule has 0 fully saturated rings. The zero-order chi connectivity index (χ0) is 19.4. The van der Waals surface area contributed by atoms with Crippen LogP contribution >= 0.6 is 11.3 Å². The van der Waals surface area contributed by atoms with E-state index in [9.17, 15) is 4.79 Å². The number of thiazole rings is 1. The normalized spacial score (nSPS) is 12.5. The topological polar surface area (TPSA) is 42.0 Å². The standard InChI is InChI=1S/C23H28N2OS/c1-5-16(4)19-11-12-20-21(14-19)27-23(24-20)25-22(26)13-8-17-6-9-18(10-7-17)15(2)3/h6-7,9-12,14-16H,5,8,13H2,1-4H3,(H,24,25,26). The van der Waals surface area contributed by atoms with Gasteiger partial charge in [-0.25, -0.2) is 4.98 Å². The van der Waals surface area contributed by atoms with Gasteiger partial charge in [0.25, 0.3) is 0 Å². The summed E-state index contributed by atoms with van der Waals surface area (Å²) in [5.74, 6) is 1.09. The zero-order valence-electron chi connectivity index (χ0n) is 16.6. The molecule has 3 rings (SSSR count). The van der Waals surface area contributed by atoms with Crippen LogP contribution in [-0.4, -0.2) is 10.9 Å². The first-order valence-corrected chi connectivity index (χ1v) is 10.6. The lowest BCUT2D eigenvalue weighted by atomic mass is 9.99. The van der Waals surface area contributed by atoms with E-state index < -0.39 is 0 Å². The van der Waals surface area contributed by atoms with Crippen molar-refractivity contribution in [2.24, 2.45) is 0 Å². The molecular weight excluding hydrogens is 352 g/mol. The van der Waals surface area contributed by atoms with Crippen LogP contribution in [0.5, 0.6) is 0 Å². The first-order chi connectivity index (χ1) is 13.0. The molecule has 1 N–H and O–H groups in total. The Kier molecular flexibility index (Phi) is 6.27. The first kappa shape index (κ1) is 19.6. The smallest absolute Gasteiger partial charge is 0.226 e. The van der Waals surface area contributed by atoms with Crippen LogP contribution in [0.15, 0.2) is 42.5 Å². The Hall–Kier alpha value is -2.20. The number of aryl methyl sites for hydroxylation is 1. The van der Waals surface area contributed by atoms with Crippen molar-refractivity contribution < 1.29 is 4.79 Å². The molecule has 1 aromatic heterocycles. The van der Waals surface area contributed by atoms with Gasteiger partial charge in [-0.05, 0) is 53.5 Å². The Labute approximate surface area is 165 Å². The van der Waals surface area contributed by atoms with E-state index in [4.69, 9.17) is 0 Å². The van der Waals surface area contributed by atoms with Gasteiger partial charge in [-0.15, -0.1) is 0 Å². The van der Waals surface area contributed by atoms with E-state index in [1.807, 2.05) is 0 Å². The Morgan fingerprint density at radius 1 is 1.07 bits per heavy atom. The summed E-state index contributed by atoms with van der Waals surface area (Å²) in [4.78, 5) is 16.9. The summed E-state index contributed by atoms with van der Waals surface area (Å²) in [5.41, 5.74) is 4.80. The molecule has 3 nitrogen and oxygen atoms in total. The number of fused-ring (bicyclic) bond motifs is 1. The number of anilines is 1. The minimum Gasteiger partial charge on any atom is -0.302 e. The summed E-state index contributed by atoms with van der Waals surface area (Å²) in [7, 11) is 0. The molecule has 0 radical (unpaired) electrons. The maximum absolute atomic E-state index is 12.3. The van der Waals surface area contributed by atoms with Crippen molar-refractivity contribution >= 4 is 32.6 Å². The Bertz CT molecular complexity index is 912. The third-order valence-electron chi connectivity index (χ3n) is 5.13. The second-order valence-electron chi connectivity index (χ2n) is 7.50. The summed E-state index contributed by atoms with van der Waals surface area (Å²) in [6.45, 7) is 8.81. The lowest BCUT2D eigenvalue weighted by Gasteiger charge is -2.07. The monoisotopic (exact) mass is 380 g/mol. The van der Waals surface area contributed by atoms with Crippen molar-refractivity contribution in [1.29, 1.82) is 0 Å². The predicted octanol–water partition coefficient (Wildman–Crippen LogP) is 6.50. The van der Waals surface area contributed by atoms with Gasteiger partial charge in [0.1, 0.15) is 0 Å². The van der Waals surface area contributed by atoms with E-state index in [0.717, 1.165) is 23.1 Å². The van der Waals surface area contributed by atoms with Crippen LogP contribution < -0.4 is 5.32 Å². The minimum atomic E-state index is 0.0177. The van der Waals surface area contributed by atoms with Crippen LogP contribution in [0.2, 0.25) is 0 Å². The highest BCUT2D eigenvalue weighted by atomic mass is 32.1. The Morgan fingerprint density at radius 2 is 1.78 bits per heavy atom. The summed E-state index contributed by atoms with van der Waals surface area (Å²) in [6.07, 6.45) is 2.33. The molecule has 1 atom stereocenters. The second-order valence-corrected chi connectivity index (χ2v) is 8.53. The van der Waals surface area contributed by atoms with Crippen molar-refractivity contribution in [2.75, 3.05) is 5.32 Å². The molecule has 0 aliphatic heterocycles. The highest BCUT2D eigenvalue weighted by Crippen LogP contribution is 2.30. The van der Waals surface area contributed by atoms with Crippen molar-refractivity contribution in [2.45, 2.75) is 58.8 Å². The molecule has 1 heterocycles. The molecule has 0 bridgehead atoms. The molecule has 0 saturated carbocycles. The van der Waals surface area contributed by atoms with E-state index >= 15 is 0 Å². The Morgan fingerprint density at radius 3 is 2.44 bits per heavy atom. The van der Waals surface area contributed by atoms with Crippen molar-refractivity contribution in [1.82, 2.24) is 4.98 Å². The number of amides is 1. The highest BCUT2D eigenvalue weighted by molar-refractivity contribution is 7.22. The minimum absolute atomic E-state index is 0.0177. The maximum Gasteiger partial charge on any atom is 0.226 e.